The lowest BCUT2D eigenvalue weighted by Gasteiger charge is -2.15. The fourth-order valence-electron chi connectivity index (χ4n) is 1.77. The highest BCUT2D eigenvalue weighted by Gasteiger charge is 2.08. The summed E-state index contributed by atoms with van der Waals surface area (Å²) >= 11 is 0. The molecule has 126 valence electrons. The molecule has 1 rings (SSSR count). The summed E-state index contributed by atoms with van der Waals surface area (Å²) in [5.74, 6) is 0.442. The number of nitrogens with zero attached hydrogens (tertiary/aromatic N) is 1. The molecule has 1 amide bonds. The third-order valence-electron chi connectivity index (χ3n) is 3.06. The van der Waals surface area contributed by atoms with Gasteiger partial charge in [0, 0.05) is 25.9 Å². The Hall–Kier alpha value is -2.08. The molecule has 5 nitrogen and oxygen atoms in total. The number of ether oxygens (including phenoxy) is 1. The number of amides is 1. The van der Waals surface area contributed by atoms with Gasteiger partial charge in [-0.05, 0) is 31.5 Å². The number of sulfone groups is 1. The largest absolute Gasteiger partial charge is 0.493 e. The van der Waals surface area contributed by atoms with Gasteiger partial charge in [0.05, 0.1) is 11.5 Å². The third-order valence-corrected chi connectivity index (χ3v) is 4.17. The lowest BCUT2D eigenvalue weighted by molar-refractivity contribution is -0.124. The maximum Gasteiger partial charge on any atom is 0.246 e. The number of rotatable bonds is 8. The van der Waals surface area contributed by atoms with E-state index in [4.69, 9.17) is 4.74 Å². The molecule has 0 radical (unpaired) electrons. The van der Waals surface area contributed by atoms with Crippen LogP contribution in [-0.4, -0.2) is 45.7 Å². The van der Waals surface area contributed by atoms with Gasteiger partial charge < -0.3 is 9.64 Å². The Bertz CT molecular complexity index is 678. The molecule has 0 heterocycles. The topological polar surface area (TPSA) is 63.7 Å². The van der Waals surface area contributed by atoms with Crippen LogP contribution in [0.2, 0.25) is 0 Å². The Morgan fingerprint density at radius 3 is 2.70 bits per heavy atom. The molecular weight excluding hydrogens is 314 g/mol. The van der Waals surface area contributed by atoms with Gasteiger partial charge in [-0.3, -0.25) is 4.79 Å². The summed E-state index contributed by atoms with van der Waals surface area (Å²) in [6.45, 7) is 2.85. The Morgan fingerprint density at radius 1 is 1.30 bits per heavy atom. The van der Waals surface area contributed by atoms with Crippen LogP contribution in [0.5, 0.6) is 5.75 Å². The Morgan fingerprint density at radius 2 is 2.04 bits per heavy atom. The zero-order valence-electron chi connectivity index (χ0n) is 13.7. The Kier molecular flexibility index (Phi) is 7.54. The number of carbonyl (C=O) groups excluding carboxylic acids is 1. The van der Waals surface area contributed by atoms with Crippen LogP contribution in [0.4, 0.5) is 0 Å². The SMILES string of the molecule is C/C=C/C=C/C(=O)N(C)CCCOc1cccc(S(C)(=O)=O)c1. The van der Waals surface area contributed by atoms with E-state index in [2.05, 4.69) is 0 Å². The quantitative estimate of drug-likeness (QED) is 0.415. The lowest BCUT2D eigenvalue weighted by atomic mass is 10.3. The summed E-state index contributed by atoms with van der Waals surface area (Å²) in [6.07, 6.45) is 8.67. The number of carbonyl (C=O) groups is 1. The van der Waals surface area contributed by atoms with Crippen molar-refractivity contribution in [3.8, 4) is 5.75 Å². The van der Waals surface area contributed by atoms with E-state index in [1.165, 1.54) is 18.2 Å². The number of allylic oxidation sites excluding steroid dienone is 3. The average Bonchev–Trinajstić information content (AvgIpc) is 2.51. The molecular formula is C17H23NO4S. The second-order valence-electron chi connectivity index (χ2n) is 5.09. The molecule has 0 aliphatic heterocycles. The van der Waals surface area contributed by atoms with Crippen LogP contribution in [0.1, 0.15) is 13.3 Å². The number of benzene rings is 1. The van der Waals surface area contributed by atoms with Gasteiger partial charge in [0.2, 0.25) is 5.91 Å². The first kappa shape index (κ1) is 19.0. The molecule has 0 N–H and O–H groups in total. The fourth-order valence-corrected chi connectivity index (χ4v) is 2.43. The lowest BCUT2D eigenvalue weighted by Crippen LogP contribution is -2.26. The van der Waals surface area contributed by atoms with E-state index in [0.29, 0.717) is 25.3 Å². The van der Waals surface area contributed by atoms with Gasteiger partial charge in [-0.2, -0.15) is 0 Å². The van der Waals surface area contributed by atoms with Gasteiger partial charge in [-0.1, -0.05) is 24.3 Å². The van der Waals surface area contributed by atoms with Gasteiger partial charge in [0.25, 0.3) is 0 Å². The molecule has 0 unspecified atom stereocenters. The molecule has 0 bridgehead atoms. The maximum absolute atomic E-state index is 11.7. The van der Waals surface area contributed by atoms with Crippen molar-refractivity contribution in [1.29, 1.82) is 0 Å². The van der Waals surface area contributed by atoms with Gasteiger partial charge in [-0.15, -0.1) is 0 Å². The zero-order chi connectivity index (χ0) is 17.3. The predicted octanol–water partition coefficient (Wildman–Crippen LogP) is 2.45. The number of likely N-dealkylation sites (N-methyl/N-ethyl adjacent to an activating group) is 1. The minimum absolute atomic E-state index is 0.0674. The summed E-state index contributed by atoms with van der Waals surface area (Å²) in [6, 6.07) is 6.40. The first-order valence-corrected chi connectivity index (χ1v) is 9.21. The second kappa shape index (κ2) is 9.15. The molecule has 0 spiro atoms. The van der Waals surface area contributed by atoms with Crippen molar-refractivity contribution < 1.29 is 17.9 Å². The highest BCUT2D eigenvalue weighted by molar-refractivity contribution is 7.90. The minimum Gasteiger partial charge on any atom is -0.493 e. The van der Waals surface area contributed by atoms with Gasteiger partial charge in [-0.25, -0.2) is 8.42 Å². The van der Waals surface area contributed by atoms with Crippen molar-refractivity contribution in [2.24, 2.45) is 0 Å². The van der Waals surface area contributed by atoms with Crippen LogP contribution in [0, 0.1) is 0 Å². The van der Waals surface area contributed by atoms with Crippen LogP contribution in [0.15, 0.2) is 53.5 Å². The standard InChI is InChI=1S/C17H23NO4S/c1-4-5-6-11-17(19)18(2)12-8-13-22-15-9-7-10-16(14-15)23(3,20)21/h4-7,9-11,14H,8,12-13H2,1-3H3/b5-4+,11-6+. The molecule has 1 aromatic rings. The van der Waals surface area contributed by atoms with Gasteiger partial charge in [0.1, 0.15) is 5.75 Å². The predicted molar refractivity (Wildman–Crippen MR) is 91.3 cm³/mol. The molecule has 0 aliphatic carbocycles. The molecule has 0 fully saturated rings. The van der Waals surface area contributed by atoms with E-state index in [-0.39, 0.29) is 10.8 Å². The molecule has 6 heteroatoms. The van der Waals surface area contributed by atoms with Crippen molar-refractivity contribution in [2.45, 2.75) is 18.2 Å². The molecule has 0 aliphatic rings. The maximum atomic E-state index is 11.7. The van der Waals surface area contributed by atoms with Crippen LogP contribution in [-0.2, 0) is 14.6 Å². The summed E-state index contributed by atoms with van der Waals surface area (Å²) in [4.78, 5) is 13.6. The second-order valence-corrected chi connectivity index (χ2v) is 7.11. The minimum atomic E-state index is -3.24. The van der Waals surface area contributed by atoms with E-state index in [9.17, 15) is 13.2 Å². The van der Waals surface area contributed by atoms with Crippen molar-refractivity contribution in [1.82, 2.24) is 4.90 Å². The number of hydrogen-bond acceptors (Lipinski definition) is 4. The van der Waals surface area contributed by atoms with Crippen LogP contribution in [0.3, 0.4) is 0 Å². The Balaban J connectivity index is 2.42. The Labute approximate surface area is 138 Å². The molecule has 0 aromatic heterocycles. The monoisotopic (exact) mass is 337 g/mol. The summed E-state index contributed by atoms with van der Waals surface area (Å²) < 4.78 is 28.5. The molecule has 0 atom stereocenters. The molecule has 23 heavy (non-hydrogen) atoms. The average molecular weight is 337 g/mol. The van der Waals surface area contributed by atoms with Crippen LogP contribution < -0.4 is 4.74 Å². The van der Waals surface area contributed by atoms with E-state index < -0.39 is 9.84 Å². The first-order chi connectivity index (χ1) is 10.8. The van der Waals surface area contributed by atoms with E-state index in [0.717, 1.165) is 6.26 Å². The van der Waals surface area contributed by atoms with E-state index in [1.807, 2.05) is 13.0 Å². The van der Waals surface area contributed by atoms with Crippen LogP contribution in [0.25, 0.3) is 0 Å². The summed E-state index contributed by atoms with van der Waals surface area (Å²) in [5.41, 5.74) is 0. The van der Waals surface area contributed by atoms with Crippen molar-refractivity contribution in [2.75, 3.05) is 26.5 Å². The number of hydrogen-bond donors (Lipinski definition) is 0. The summed E-state index contributed by atoms with van der Waals surface area (Å²) in [7, 11) is -1.51. The van der Waals surface area contributed by atoms with Gasteiger partial charge in [0.15, 0.2) is 9.84 Å². The van der Waals surface area contributed by atoms with Crippen molar-refractivity contribution >= 4 is 15.7 Å². The van der Waals surface area contributed by atoms with E-state index >= 15 is 0 Å². The normalized spacial score (nSPS) is 12.0. The zero-order valence-corrected chi connectivity index (χ0v) is 14.5. The highest BCUT2D eigenvalue weighted by Crippen LogP contribution is 2.17. The van der Waals surface area contributed by atoms with E-state index in [1.54, 1.807) is 36.2 Å². The van der Waals surface area contributed by atoms with Gasteiger partial charge >= 0.3 is 0 Å². The highest BCUT2D eigenvalue weighted by atomic mass is 32.2. The molecule has 1 aromatic carbocycles. The third kappa shape index (κ3) is 7.15. The van der Waals surface area contributed by atoms with Crippen molar-refractivity contribution in [3.05, 3.63) is 48.6 Å². The fraction of sp³-hybridized carbons (Fsp3) is 0.353. The summed E-state index contributed by atoms with van der Waals surface area (Å²) in [5, 5.41) is 0. The molecule has 0 saturated carbocycles. The smallest absolute Gasteiger partial charge is 0.246 e. The van der Waals surface area contributed by atoms with Crippen molar-refractivity contribution in [3.63, 3.8) is 0 Å². The van der Waals surface area contributed by atoms with Crippen LogP contribution >= 0.6 is 0 Å². The first-order valence-electron chi connectivity index (χ1n) is 7.32. The molecule has 0 saturated heterocycles.